The maximum atomic E-state index is 12.8. The van der Waals surface area contributed by atoms with E-state index in [2.05, 4.69) is 15.0 Å². The fourth-order valence-corrected chi connectivity index (χ4v) is 4.72. The lowest BCUT2D eigenvalue weighted by Gasteiger charge is -2.16. The van der Waals surface area contributed by atoms with Crippen LogP contribution < -0.4 is 10.0 Å². The van der Waals surface area contributed by atoms with Gasteiger partial charge in [0.15, 0.2) is 0 Å². The third-order valence-electron chi connectivity index (χ3n) is 5.47. The van der Waals surface area contributed by atoms with Gasteiger partial charge in [-0.15, -0.1) is 0 Å². The van der Waals surface area contributed by atoms with E-state index in [-0.39, 0.29) is 35.1 Å². The highest BCUT2D eigenvalue weighted by molar-refractivity contribution is 7.89. The number of sulfonamides is 1. The third kappa shape index (κ3) is 5.24. The van der Waals surface area contributed by atoms with E-state index in [0.29, 0.717) is 6.61 Å². The summed E-state index contributed by atoms with van der Waals surface area (Å²) >= 11 is 0. The number of carbonyl (C=O) groups excluding carboxylic acids is 1. The van der Waals surface area contributed by atoms with Crippen LogP contribution in [0.4, 0.5) is 0 Å². The lowest BCUT2D eigenvalue weighted by molar-refractivity contribution is 0.0939. The summed E-state index contributed by atoms with van der Waals surface area (Å²) in [5.41, 5.74) is 2.19. The van der Waals surface area contributed by atoms with Gasteiger partial charge in [0.05, 0.1) is 23.4 Å². The fourth-order valence-electron chi connectivity index (χ4n) is 3.61. The van der Waals surface area contributed by atoms with Crippen LogP contribution >= 0.6 is 0 Å². The molecule has 8 nitrogen and oxygen atoms in total. The molecule has 1 fully saturated rings. The van der Waals surface area contributed by atoms with Gasteiger partial charge in [0.1, 0.15) is 0 Å². The Hall–Kier alpha value is -3.01. The summed E-state index contributed by atoms with van der Waals surface area (Å²) in [5, 5.41) is 2.93. The summed E-state index contributed by atoms with van der Waals surface area (Å²) in [7, 11) is -3.73. The highest BCUT2D eigenvalue weighted by Gasteiger charge is 2.21. The normalized spacial score (nSPS) is 17.2. The topological polar surface area (TPSA) is 102 Å². The quantitative estimate of drug-likeness (QED) is 0.545. The summed E-state index contributed by atoms with van der Waals surface area (Å²) in [6, 6.07) is 13.6. The van der Waals surface area contributed by atoms with Gasteiger partial charge in [-0.05, 0) is 55.7 Å². The minimum atomic E-state index is -3.73. The van der Waals surface area contributed by atoms with Crippen LogP contribution in [0.15, 0.2) is 72.1 Å². The predicted molar refractivity (Wildman–Crippen MR) is 120 cm³/mol. The average Bonchev–Trinajstić information content (AvgIpc) is 3.52. The minimum Gasteiger partial charge on any atom is -0.377 e. The molecule has 1 aliphatic heterocycles. The largest absolute Gasteiger partial charge is 0.377 e. The smallest absolute Gasteiger partial charge is 0.251 e. The fraction of sp³-hybridized carbons (Fsp3) is 0.304. The number of amides is 1. The first kappa shape index (κ1) is 22.2. The summed E-state index contributed by atoms with van der Waals surface area (Å²) in [6.45, 7) is 2.77. The van der Waals surface area contributed by atoms with Gasteiger partial charge in [0.25, 0.3) is 5.91 Å². The zero-order valence-corrected chi connectivity index (χ0v) is 18.6. The first-order valence-electron chi connectivity index (χ1n) is 10.5. The van der Waals surface area contributed by atoms with E-state index in [1.807, 2.05) is 42.0 Å². The zero-order chi connectivity index (χ0) is 22.6. The molecule has 32 heavy (non-hydrogen) atoms. The maximum Gasteiger partial charge on any atom is 0.251 e. The van der Waals surface area contributed by atoms with Crippen molar-refractivity contribution in [2.45, 2.75) is 36.8 Å². The Kier molecular flexibility index (Phi) is 6.69. The van der Waals surface area contributed by atoms with Crippen LogP contribution in [0.1, 0.15) is 41.7 Å². The van der Waals surface area contributed by atoms with Crippen LogP contribution in [-0.4, -0.2) is 43.1 Å². The number of rotatable bonds is 8. The first-order valence-corrected chi connectivity index (χ1v) is 12.0. The van der Waals surface area contributed by atoms with Crippen molar-refractivity contribution in [3.63, 3.8) is 0 Å². The van der Waals surface area contributed by atoms with Crippen molar-refractivity contribution in [3.8, 4) is 5.69 Å². The molecule has 0 unspecified atom stereocenters. The van der Waals surface area contributed by atoms with Crippen LogP contribution in [0.25, 0.3) is 5.69 Å². The summed E-state index contributed by atoms with van der Waals surface area (Å²) in [4.78, 5) is 16.9. The van der Waals surface area contributed by atoms with Crippen molar-refractivity contribution >= 4 is 15.9 Å². The molecule has 4 rings (SSSR count). The highest BCUT2D eigenvalue weighted by atomic mass is 32.2. The molecule has 0 bridgehead atoms. The SMILES string of the molecule is C[C@@H](NC(=O)c1cccc(S(=O)(=O)NC[C@@H]2CCCO2)c1)c1ccc(-n2ccnc2)cc1. The Balaban J connectivity index is 1.40. The standard InChI is InChI=1S/C23H26N4O4S/c1-17(18-7-9-20(10-8-18)27-12-11-24-16-27)26-23(28)19-4-2-6-22(14-19)32(29,30)25-15-21-5-3-13-31-21/h2,4,6-12,14,16-17,21,25H,3,5,13,15H2,1H3,(H,26,28)/t17-,21+/m1/s1. The Morgan fingerprint density at radius 2 is 2.06 bits per heavy atom. The van der Waals surface area contributed by atoms with Crippen molar-refractivity contribution in [1.82, 2.24) is 19.6 Å². The molecule has 9 heteroatoms. The van der Waals surface area contributed by atoms with Crippen molar-refractivity contribution in [3.05, 3.63) is 78.4 Å². The van der Waals surface area contributed by atoms with Crippen molar-refractivity contribution in [2.24, 2.45) is 0 Å². The number of benzene rings is 2. The minimum absolute atomic E-state index is 0.0560. The number of ether oxygens (including phenoxy) is 1. The summed E-state index contributed by atoms with van der Waals surface area (Å²) in [6.07, 6.45) is 6.97. The molecule has 0 saturated carbocycles. The van der Waals surface area contributed by atoms with E-state index in [1.165, 1.54) is 12.1 Å². The number of hydrogen-bond acceptors (Lipinski definition) is 5. The van der Waals surface area contributed by atoms with Crippen LogP contribution in [0, 0.1) is 0 Å². The Morgan fingerprint density at radius 1 is 1.25 bits per heavy atom. The van der Waals surface area contributed by atoms with E-state index >= 15 is 0 Å². The van der Waals surface area contributed by atoms with Crippen molar-refractivity contribution in [2.75, 3.05) is 13.2 Å². The van der Waals surface area contributed by atoms with Gasteiger partial charge in [0, 0.05) is 36.8 Å². The molecule has 2 aromatic carbocycles. The lowest BCUT2D eigenvalue weighted by atomic mass is 10.1. The monoisotopic (exact) mass is 454 g/mol. The number of aromatic nitrogens is 2. The zero-order valence-electron chi connectivity index (χ0n) is 17.8. The molecule has 1 saturated heterocycles. The lowest BCUT2D eigenvalue weighted by Crippen LogP contribution is -2.32. The average molecular weight is 455 g/mol. The Labute approximate surface area is 187 Å². The second-order valence-corrected chi connectivity index (χ2v) is 9.54. The molecule has 2 heterocycles. The van der Waals surface area contributed by atoms with Crippen molar-refractivity contribution < 1.29 is 17.9 Å². The van der Waals surface area contributed by atoms with Crippen LogP contribution in [0.3, 0.4) is 0 Å². The van der Waals surface area contributed by atoms with Crippen molar-refractivity contribution in [1.29, 1.82) is 0 Å². The van der Waals surface area contributed by atoms with E-state index in [0.717, 1.165) is 24.1 Å². The molecule has 0 aliphatic carbocycles. The molecule has 1 amide bonds. The van der Waals surface area contributed by atoms with Gasteiger partial charge in [0.2, 0.25) is 10.0 Å². The molecule has 2 atom stereocenters. The first-order chi connectivity index (χ1) is 15.4. The second-order valence-electron chi connectivity index (χ2n) is 7.77. The molecule has 0 spiro atoms. The third-order valence-corrected chi connectivity index (χ3v) is 6.90. The Bertz CT molecular complexity index is 1150. The molecule has 1 aromatic heterocycles. The van der Waals surface area contributed by atoms with E-state index in [9.17, 15) is 13.2 Å². The molecular formula is C23H26N4O4S. The molecule has 2 N–H and O–H groups in total. The molecule has 1 aliphatic rings. The van der Waals surface area contributed by atoms with Gasteiger partial charge >= 0.3 is 0 Å². The predicted octanol–water partition coefficient (Wildman–Crippen LogP) is 2.82. The number of nitrogens with one attached hydrogen (secondary N) is 2. The second kappa shape index (κ2) is 9.64. The van der Waals surface area contributed by atoms with Gasteiger partial charge in [-0.25, -0.2) is 18.1 Å². The highest BCUT2D eigenvalue weighted by Crippen LogP contribution is 2.18. The summed E-state index contributed by atoms with van der Waals surface area (Å²) < 4.78 is 35.2. The van der Waals surface area contributed by atoms with Gasteiger partial charge in [-0.3, -0.25) is 4.79 Å². The molecule has 168 valence electrons. The molecule has 3 aromatic rings. The number of imidazole rings is 1. The summed E-state index contributed by atoms with van der Waals surface area (Å²) in [5.74, 6) is -0.340. The van der Waals surface area contributed by atoms with Gasteiger partial charge < -0.3 is 14.6 Å². The number of nitrogens with zero attached hydrogens (tertiary/aromatic N) is 2. The van der Waals surface area contributed by atoms with E-state index in [4.69, 9.17) is 4.74 Å². The van der Waals surface area contributed by atoms with Crippen LogP contribution in [0.5, 0.6) is 0 Å². The van der Waals surface area contributed by atoms with Crippen LogP contribution in [0.2, 0.25) is 0 Å². The maximum absolute atomic E-state index is 12.8. The van der Waals surface area contributed by atoms with E-state index in [1.54, 1.807) is 24.7 Å². The molecular weight excluding hydrogens is 428 g/mol. The van der Waals surface area contributed by atoms with Gasteiger partial charge in [-0.1, -0.05) is 18.2 Å². The van der Waals surface area contributed by atoms with E-state index < -0.39 is 10.0 Å². The number of hydrogen-bond donors (Lipinski definition) is 2. The Morgan fingerprint density at radius 3 is 2.75 bits per heavy atom. The number of carbonyl (C=O) groups is 1. The molecule has 0 radical (unpaired) electrons. The van der Waals surface area contributed by atoms with Gasteiger partial charge in [-0.2, -0.15) is 0 Å². The van der Waals surface area contributed by atoms with Crippen LogP contribution in [-0.2, 0) is 14.8 Å².